The molecule has 1 saturated heterocycles. The van der Waals surface area contributed by atoms with Crippen LogP contribution in [0.2, 0.25) is 0 Å². The summed E-state index contributed by atoms with van der Waals surface area (Å²) in [6.07, 6.45) is 3.23. The number of likely N-dealkylation sites (N-methyl/N-ethyl adjacent to an activating group) is 1. The Kier molecular flexibility index (Phi) is 10.8. The van der Waals surface area contributed by atoms with Gasteiger partial charge in [-0.15, -0.1) is 0 Å². The molecule has 3 rings (SSSR count). The van der Waals surface area contributed by atoms with Gasteiger partial charge in [0, 0.05) is 18.7 Å². The van der Waals surface area contributed by atoms with Crippen LogP contribution < -0.4 is 9.47 Å². The normalized spacial score (nSPS) is 16.9. The lowest BCUT2D eigenvalue weighted by Crippen LogP contribution is -2.38. The van der Waals surface area contributed by atoms with Gasteiger partial charge in [-0.2, -0.15) is 0 Å². The number of rotatable bonds is 14. The SMILES string of the molecule is CCCCCOc1ccc(C2C(=C(O)c3ccc(OCC)cc3C)C(=O)C(=O)N2CCN(CC)CC)cc1. The average molecular weight is 523 g/mol. The highest BCUT2D eigenvalue weighted by molar-refractivity contribution is 6.46. The Bertz CT molecular complexity index is 1120. The summed E-state index contributed by atoms with van der Waals surface area (Å²) in [5, 5.41) is 11.5. The average Bonchev–Trinajstić information content (AvgIpc) is 3.17. The molecule has 1 heterocycles. The zero-order chi connectivity index (χ0) is 27.7. The number of carbonyl (C=O) groups is 2. The number of aliphatic hydroxyl groups excluding tert-OH is 1. The van der Waals surface area contributed by atoms with E-state index in [0.717, 1.165) is 49.2 Å². The molecule has 7 heteroatoms. The number of benzene rings is 2. The van der Waals surface area contributed by atoms with Gasteiger partial charge in [-0.1, -0.05) is 45.7 Å². The van der Waals surface area contributed by atoms with Gasteiger partial charge in [0.1, 0.15) is 17.3 Å². The van der Waals surface area contributed by atoms with Gasteiger partial charge < -0.3 is 24.4 Å². The lowest BCUT2D eigenvalue weighted by atomic mass is 9.94. The number of unbranched alkanes of at least 4 members (excludes halogenated alkanes) is 2. The Morgan fingerprint density at radius 2 is 1.63 bits per heavy atom. The van der Waals surface area contributed by atoms with Crippen LogP contribution in [0.15, 0.2) is 48.0 Å². The second-order valence-electron chi connectivity index (χ2n) is 9.55. The number of likely N-dealkylation sites (tertiary alicyclic amines) is 1. The fraction of sp³-hybridized carbons (Fsp3) is 0.484. The molecule has 0 aliphatic carbocycles. The van der Waals surface area contributed by atoms with Crippen LogP contribution in [0.4, 0.5) is 0 Å². The number of Topliss-reactive ketones (excluding diaryl/α,β-unsaturated/α-hetero) is 1. The minimum atomic E-state index is -0.689. The largest absolute Gasteiger partial charge is 0.507 e. The van der Waals surface area contributed by atoms with Gasteiger partial charge in [-0.05, 0) is 74.8 Å². The molecule has 0 aromatic heterocycles. The molecule has 206 valence electrons. The van der Waals surface area contributed by atoms with Gasteiger partial charge in [-0.3, -0.25) is 9.59 Å². The molecule has 0 spiro atoms. The topological polar surface area (TPSA) is 79.3 Å². The molecule has 1 atom stereocenters. The Labute approximate surface area is 227 Å². The van der Waals surface area contributed by atoms with Crippen molar-refractivity contribution in [3.8, 4) is 11.5 Å². The monoisotopic (exact) mass is 522 g/mol. The second-order valence-corrected chi connectivity index (χ2v) is 9.55. The summed E-state index contributed by atoms with van der Waals surface area (Å²) in [5.74, 6) is 0.00569. The third-order valence-corrected chi connectivity index (χ3v) is 7.07. The molecule has 1 unspecified atom stereocenters. The quantitative estimate of drug-likeness (QED) is 0.148. The lowest BCUT2D eigenvalue weighted by molar-refractivity contribution is -0.140. The number of carbonyl (C=O) groups excluding carboxylic acids is 2. The molecule has 1 fully saturated rings. The van der Waals surface area contributed by atoms with Crippen molar-refractivity contribution in [2.75, 3.05) is 39.4 Å². The highest BCUT2D eigenvalue weighted by Crippen LogP contribution is 2.40. The van der Waals surface area contributed by atoms with E-state index in [4.69, 9.17) is 9.47 Å². The maximum atomic E-state index is 13.4. The van der Waals surface area contributed by atoms with Crippen LogP contribution in [-0.2, 0) is 9.59 Å². The van der Waals surface area contributed by atoms with Crippen LogP contribution in [0.25, 0.3) is 5.76 Å². The van der Waals surface area contributed by atoms with Gasteiger partial charge >= 0.3 is 0 Å². The molecule has 1 N–H and O–H groups in total. The third-order valence-electron chi connectivity index (χ3n) is 7.07. The predicted octanol–water partition coefficient (Wildman–Crippen LogP) is 5.73. The number of ketones is 1. The van der Waals surface area contributed by atoms with E-state index >= 15 is 0 Å². The van der Waals surface area contributed by atoms with Crippen LogP contribution >= 0.6 is 0 Å². The highest BCUT2D eigenvalue weighted by Gasteiger charge is 2.46. The maximum Gasteiger partial charge on any atom is 0.295 e. The molecular formula is C31H42N2O5. The Morgan fingerprint density at radius 3 is 2.24 bits per heavy atom. The van der Waals surface area contributed by atoms with Crippen molar-refractivity contribution in [3.05, 3.63) is 64.7 Å². The first-order valence-electron chi connectivity index (χ1n) is 13.8. The van der Waals surface area contributed by atoms with Crippen LogP contribution in [0, 0.1) is 6.92 Å². The zero-order valence-corrected chi connectivity index (χ0v) is 23.5. The smallest absolute Gasteiger partial charge is 0.295 e. The molecule has 2 aromatic rings. The maximum absolute atomic E-state index is 13.4. The van der Waals surface area contributed by atoms with Crippen LogP contribution in [-0.4, -0.2) is 66.0 Å². The van der Waals surface area contributed by atoms with Crippen molar-refractivity contribution in [2.24, 2.45) is 0 Å². The number of hydrogen-bond donors (Lipinski definition) is 1. The minimum Gasteiger partial charge on any atom is -0.507 e. The van der Waals surface area contributed by atoms with Crippen molar-refractivity contribution < 1.29 is 24.2 Å². The molecule has 7 nitrogen and oxygen atoms in total. The predicted molar refractivity (Wildman–Crippen MR) is 151 cm³/mol. The van der Waals surface area contributed by atoms with Crippen molar-refractivity contribution in [1.29, 1.82) is 0 Å². The van der Waals surface area contributed by atoms with E-state index in [1.165, 1.54) is 0 Å². The number of hydrogen-bond acceptors (Lipinski definition) is 6. The van der Waals surface area contributed by atoms with E-state index in [2.05, 4.69) is 25.7 Å². The first-order valence-corrected chi connectivity index (χ1v) is 13.8. The standard InChI is InChI=1S/C31H42N2O5/c1-6-10-11-20-38-24-14-12-23(13-15-24)28-27(29(34)26-17-16-25(37-9-4)21-22(26)5)30(35)31(36)33(28)19-18-32(7-2)8-3/h12-17,21,28,34H,6-11,18-20H2,1-5H3. The summed E-state index contributed by atoms with van der Waals surface area (Å²) in [4.78, 5) is 30.5. The molecule has 2 aromatic carbocycles. The van der Waals surface area contributed by atoms with Crippen LogP contribution in [0.3, 0.4) is 0 Å². The van der Waals surface area contributed by atoms with Gasteiger partial charge in [0.2, 0.25) is 0 Å². The van der Waals surface area contributed by atoms with Gasteiger partial charge in [0.05, 0.1) is 24.8 Å². The molecule has 38 heavy (non-hydrogen) atoms. The fourth-order valence-electron chi connectivity index (χ4n) is 4.84. The zero-order valence-electron chi connectivity index (χ0n) is 23.5. The fourth-order valence-corrected chi connectivity index (χ4v) is 4.84. The highest BCUT2D eigenvalue weighted by atomic mass is 16.5. The van der Waals surface area contributed by atoms with Gasteiger partial charge in [0.25, 0.3) is 11.7 Å². The molecule has 1 aliphatic rings. The first-order chi connectivity index (χ1) is 18.4. The molecular weight excluding hydrogens is 480 g/mol. The number of aryl methyl sites for hydroxylation is 1. The van der Waals surface area contributed by atoms with E-state index in [0.29, 0.717) is 37.6 Å². The lowest BCUT2D eigenvalue weighted by Gasteiger charge is -2.28. The number of nitrogens with zero attached hydrogens (tertiary/aromatic N) is 2. The summed E-state index contributed by atoms with van der Waals surface area (Å²) in [6.45, 7) is 13.9. The third kappa shape index (κ3) is 6.76. The van der Waals surface area contributed by atoms with E-state index in [1.54, 1.807) is 17.0 Å². The van der Waals surface area contributed by atoms with Crippen molar-refractivity contribution >= 4 is 17.4 Å². The summed E-state index contributed by atoms with van der Waals surface area (Å²) in [5.41, 5.74) is 2.14. The Balaban J connectivity index is 2.01. The molecule has 0 bridgehead atoms. The first kappa shape index (κ1) is 29.2. The van der Waals surface area contributed by atoms with Crippen LogP contribution in [0.1, 0.15) is 69.7 Å². The molecule has 0 saturated carbocycles. The van der Waals surface area contributed by atoms with Gasteiger partial charge in [0.15, 0.2) is 0 Å². The summed E-state index contributed by atoms with van der Waals surface area (Å²) in [6, 6.07) is 12.1. The number of aliphatic hydroxyl groups is 1. The van der Waals surface area contributed by atoms with Gasteiger partial charge in [-0.25, -0.2) is 0 Å². The van der Waals surface area contributed by atoms with E-state index < -0.39 is 17.7 Å². The number of ether oxygens (including phenoxy) is 2. The molecule has 1 aliphatic heterocycles. The number of amides is 1. The van der Waals surface area contributed by atoms with E-state index in [1.807, 2.05) is 44.2 Å². The Hall–Kier alpha value is -3.32. The molecule has 1 amide bonds. The second kappa shape index (κ2) is 14.0. The van der Waals surface area contributed by atoms with E-state index in [9.17, 15) is 14.7 Å². The summed E-state index contributed by atoms with van der Waals surface area (Å²) < 4.78 is 11.4. The van der Waals surface area contributed by atoms with Crippen molar-refractivity contribution in [2.45, 2.75) is 59.9 Å². The Morgan fingerprint density at radius 1 is 0.947 bits per heavy atom. The summed E-state index contributed by atoms with van der Waals surface area (Å²) in [7, 11) is 0. The van der Waals surface area contributed by atoms with E-state index in [-0.39, 0.29) is 11.3 Å². The molecule has 0 radical (unpaired) electrons. The van der Waals surface area contributed by atoms with Crippen LogP contribution in [0.5, 0.6) is 11.5 Å². The van der Waals surface area contributed by atoms with Crippen molar-refractivity contribution in [1.82, 2.24) is 9.80 Å². The minimum absolute atomic E-state index is 0.110. The summed E-state index contributed by atoms with van der Waals surface area (Å²) >= 11 is 0. The van der Waals surface area contributed by atoms with Crippen molar-refractivity contribution in [3.63, 3.8) is 0 Å².